The molecule has 22 heavy (non-hydrogen) atoms. The van der Waals surface area contributed by atoms with Crippen LogP contribution in [0.25, 0.3) is 0 Å². The molecular formula is C15H25IN4O2. The fourth-order valence-electron chi connectivity index (χ4n) is 1.84. The molecule has 7 heteroatoms. The largest absolute Gasteiger partial charge is 0.477 e. The lowest BCUT2D eigenvalue weighted by Crippen LogP contribution is -2.40. The summed E-state index contributed by atoms with van der Waals surface area (Å²) >= 11 is 0. The average molecular weight is 420 g/mol. The van der Waals surface area contributed by atoms with Gasteiger partial charge in [0.2, 0.25) is 5.88 Å². The zero-order chi connectivity index (χ0) is 15.1. The van der Waals surface area contributed by atoms with Gasteiger partial charge in [0.15, 0.2) is 5.96 Å². The van der Waals surface area contributed by atoms with E-state index in [1.165, 1.54) is 12.8 Å². The molecule has 0 spiro atoms. The minimum Gasteiger partial charge on any atom is -0.477 e. The van der Waals surface area contributed by atoms with Crippen LogP contribution in [0.1, 0.15) is 25.3 Å². The summed E-state index contributed by atoms with van der Waals surface area (Å²) in [5.41, 5.74) is 6.81. The molecule has 124 valence electrons. The molecule has 3 N–H and O–H groups in total. The van der Waals surface area contributed by atoms with Gasteiger partial charge in [-0.2, -0.15) is 0 Å². The summed E-state index contributed by atoms with van der Waals surface area (Å²) in [7, 11) is 1.66. The van der Waals surface area contributed by atoms with E-state index in [4.69, 9.17) is 15.2 Å². The summed E-state index contributed by atoms with van der Waals surface area (Å²) in [4.78, 5) is 8.55. The summed E-state index contributed by atoms with van der Waals surface area (Å²) in [5.74, 6) is 1.82. The Labute approximate surface area is 148 Å². The van der Waals surface area contributed by atoms with E-state index in [0.717, 1.165) is 18.1 Å². The fourth-order valence-corrected chi connectivity index (χ4v) is 1.84. The molecular weight excluding hydrogens is 395 g/mol. The number of halogens is 1. The number of guanidine groups is 1. The third kappa shape index (κ3) is 7.26. The predicted octanol–water partition coefficient (Wildman–Crippen LogP) is 1.93. The smallest absolute Gasteiger partial charge is 0.213 e. The Bertz CT molecular complexity index is 463. The van der Waals surface area contributed by atoms with Crippen molar-refractivity contribution in [2.75, 3.05) is 20.3 Å². The standard InChI is InChI=1S/C15H24N4O2.HI/c1-11(9-20-2)19-15(16)18-8-13-5-6-14(17-7-13)21-10-12-3-4-12;/h5-7,11-12H,3-4,8-10H2,1-2H3,(H3,16,18,19);1H. The van der Waals surface area contributed by atoms with Crippen molar-refractivity contribution in [3.8, 4) is 5.88 Å². The number of aromatic nitrogens is 1. The van der Waals surface area contributed by atoms with Crippen LogP contribution >= 0.6 is 24.0 Å². The summed E-state index contributed by atoms with van der Waals surface area (Å²) in [6.07, 6.45) is 4.33. The first-order chi connectivity index (χ1) is 10.2. The number of nitrogens with one attached hydrogen (secondary N) is 1. The summed E-state index contributed by atoms with van der Waals surface area (Å²) in [6, 6.07) is 3.98. The maximum Gasteiger partial charge on any atom is 0.213 e. The van der Waals surface area contributed by atoms with Crippen LogP contribution in [0.3, 0.4) is 0 Å². The lowest BCUT2D eigenvalue weighted by Gasteiger charge is -2.13. The lowest BCUT2D eigenvalue weighted by atomic mass is 10.3. The van der Waals surface area contributed by atoms with Gasteiger partial charge in [-0.25, -0.2) is 9.98 Å². The van der Waals surface area contributed by atoms with Gasteiger partial charge in [-0.1, -0.05) is 6.07 Å². The molecule has 0 aromatic carbocycles. The second kappa shape index (κ2) is 9.83. The van der Waals surface area contributed by atoms with Crippen LogP contribution in [0, 0.1) is 5.92 Å². The number of aliphatic imine (C=N–C) groups is 1. The predicted molar refractivity (Wildman–Crippen MR) is 97.7 cm³/mol. The highest BCUT2D eigenvalue weighted by Gasteiger charge is 2.21. The molecule has 1 aliphatic carbocycles. The maximum absolute atomic E-state index is 5.81. The van der Waals surface area contributed by atoms with Crippen molar-refractivity contribution in [1.82, 2.24) is 10.3 Å². The summed E-state index contributed by atoms with van der Waals surface area (Å²) in [5, 5.41) is 3.06. The molecule has 1 aromatic rings. The third-order valence-corrected chi connectivity index (χ3v) is 3.20. The topological polar surface area (TPSA) is 81.8 Å². The molecule has 6 nitrogen and oxygen atoms in total. The number of ether oxygens (including phenoxy) is 2. The molecule has 2 rings (SSSR count). The van der Waals surface area contributed by atoms with Crippen LogP contribution in [0.15, 0.2) is 23.3 Å². The Balaban J connectivity index is 0.00000242. The zero-order valence-corrected chi connectivity index (χ0v) is 15.4. The zero-order valence-electron chi connectivity index (χ0n) is 13.1. The molecule has 0 radical (unpaired) electrons. The van der Waals surface area contributed by atoms with Crippen molar-refractivity contribution in [3.05, 3.63) is 23.9 Å². The monoisotopic (exact) mass is 420 g/mol. The molecule has 1 aromatic heterocycles. The van der Waals surface area contributed by atoms with Crippen LogP contribution in [0.2, 0.25) is 0 Å². The first-order valence-electron chi connectivity index (χ1n) is 7.30. The van der Waals surface area contributed by atoms with Gasteiger partial charge >= 0.3 is 0 Å². The Morgan fingerprint density at radius 3 is 2.86 bits per heavy atom. The number of rotatable bonds is 8. The highest BCUT2D eigenvalue weighted by atomic mass is 127. The molecule has 1 atom stereocenters. The van der Waals surface area contributed by atoms with E-state index < -0.39 is 0 Å². The highest BCUT2D eigenvalue weighted by molar-refractivity contribution is 14.0. The van der Waals surface area contributed by atoms with Gasteiger partial charge in [-0.3, -0.25) is 0 Å². The molecule has 0 bridgehead atoms. The normalized spacial score (nSPS) is 15.8. The molecule has 0 amide bonds. The molecule has 1 heterocycles. The SMILES string of the molecule is COCC(C)NC(N)=NCc1ccc(OCC2CC2)nc1.I. The Morgan fingerprint density at radius 2 is 2.27 bits per heavy atom. The van der Waals surface area contributed by atoms with Crippen LogP contribution in [0.4, 0.5) is 0 Å². The third-order valence-electron chi connectivity index (χ3n) is 3.20. The molecule has 1 unspecified atom stereocenters. The summed E-state index contributed by atoms with van der Waals surface area (Å²) in [6.45, 7) is 3.84. The van der Waals surface area contributed by atoms with Crippen LogP contribution in [0.5, 0.6) is 5.88 Å². The highest BCUT2D eigenvalue weighted by Crippen LogP contribution is 2.29. The quantitative estimate of drug-likeness (QED) is 0.382. The Morgan fingerprint density at radius 1 is 1.50 bits per heavy atom. The van der Waals surface area contributed by atoms with Crippen molar-refractivity contribution in [1.29, 1.82) is 0 Å². The number of hydrogen-bond donors (Lipinski definition) is 2. The van der Waals surface area contributed by atoms with E-state index in [-0.39, 0.29) is 30.0 Å². The number of pyridine rings is 1. The van der Waals surface area contributed by atoms with Crippen LogP contribution in [-0.2, 0) is 11.3 Å². The average Bonchev–Trinajstić information content (AvgIpc) is 3.28. The molecule has 0 saturated heterocycles. The van der Waals surface area contributed by atoms with Gasteiger partial charge in [0.25, 0.3) is 0 Å². The van der Waals surface area contributed by atoms with Gasteiger partial charge in [0, 0.05) is 25.4 Å². The number of nitrogens with two attached hydrogens (primary N) is 1. The second-order valence-corrected chi connectivity index (χ2v) is 5.46. The molecule has 1 fully saturated rings. The van der Waals surface area contributed by atoms with E-state index >= 15 is 0 Å². The van der Waals surface area contributed by atoms with Gasteiger partial charge in [-0.15, -0.1) is 24.0 Å². The lowest BCUT2D eigenvalue weighted by molar-refractivity contribution is 0.179. The van der Waals surface area contributed by atoms with Gasteiger partial charge in [0.05, 0.1) is 19.8 Å². The maximum atomic E-state index is 5.81. The second-order valence-electron chi connectivity index (χ2n) is 5.46. The minimum atomic E-state index is 0. The first-order valence-corrected chi connectivity index (χ1v) is 7.30. The number of methoxy groups -OCH3 is 1. The van der Waals surface area contributed by atoms with Crippen molar-refractivity contribution in [2.45, 2.75) is 32.4 Å². The molecule has 1 saturated carbocycles. The van der Waals surface area contributed by atoms with Gasteiger partial charge < -0.3 is 20.5 Å². The van der Waals surface area contributed by atoms with Crippen LogP contribution in [-0.4, -0.2) is 37.3 Å². The Hall–Kier alpha value is -1.09. The Kier molecular flexibility index (Phi) is 8.47. The van der Waals surface area contributed by atoms with E-state index in [1.54, 1.807) is 13.3 Å². The minimum absolute atomic E-state index is 0. The van der Waals surface area contributed by atoms with Crippen molar-refractivity contribution in [2.24, 2.45) is 16.6 Å². The van der Waals surface area contributed by atoms with Gasteiger partial charge in [0.1, 0.15) is 0 Å². The molecule has 0 aliphatic heterocycles. The number of hydrogen-bond acceptors (Lipinski definition) is 4. The van der Waals surface area contributed by atoms with E-state index in [2.05, 4.69) is 15.3 Å². The van der Waals surface area contributed by atoms with Crippen molar-refractivity contribution >= 4 is 29.9 Å². The first kappa shape index (κ1) is 19.0. The number of nitrogens with zero attached hydrogens (tertiary/aromatic N) is 2. The van der Waals surface area contributed by atoms with Crippen molar-refractivity contribution < 1.29 is 9.47 Å². The molecule has 1 aliphatic rings. The van der Waals surface area contributed by atoms with E-state index in [0.29, 0.717) is 25.0 Å². The van der Waals surface area contributed by atoms with Gasteiger partial charge in [-0.05, 0) is 31.2 Å². The van der Waals surface area contributed by atoms with E-state index in [1.807, 2.05) is 19.1 Å². The fraction of sp³-hybridized carbons (Fsp3) is 0.600. The van der Waals surface area contributed by atoms with Crippen LogP contribution < -0.4 is 15.8 Å². The van der Waals surface area contributed by atoms with Crippen molar-refractivity contribution in [3.63, 3.8) is 0 Å². The summed E-state index contributed by atoms with van der Waals surface area (Å²) < 4.78 is 10.6. The van der Waals surface area contributed by atoms with E-state index in [9.17, 15) is 0 Å².